The molecule has 5 nitrogen and oxygen atoms in total. The summed E-state index contributed by atoms with van der Waals surface area (Å²) in [5.41, 5.74) is 0. The lowest BCUT2D eigenvalue weighted by atomic mass is 10.1. The third-order valence-electron chi connectivity index (χ3n) is 4.14. The van der Waals surface area contributed by atoms with Gasteiger partial charge in [-0.05, 0) is 26.7 Å². The number of amides is 1. The lowest BCUT2D eigenvalue weighted by Gasteiger charge is -2.38. The summed E-state index contributed by atoms with van der Waals surface area (Å²) in [5, 5.41) is 3.38. The molecular formula is C14H27ClN2O3. The van der Waals surface area contributed by atoms with Crippen LogP contribution >= 0.6 is 12.4 Å². The van der Waals surface area contributed by atoms with Gasteiger partial charge in [-0.2, -0.15) is 0 Å². The first-order chi connectivity index (χ1) is 9.18. The normalized spacial score (nSPS) is 30.1. The number of carbonyl (C=O) groups excluding carboxylic acids is 1. The van der Waals surface area contributed by atoms with Crippen molar-refractivity contribution in [3.8, 4) is 0 Å². The first-order valence-corrected chi connectivity index (χ1v) is 7.40. The van der Waals surface area contributed by atoms with E-state index in [-0.39, 0.29) is 30.5 Å². The molecule has 3 unspecified atom stereocenters. The zero-order valence-electron chi connectivity index (χ0n) is 12.5. The van der Waals surface area contributed by atoms with Gasteiger partial charge in [-0.15, -0.1) is 12.4 Å². The van der Waals surface area contributed by atoms with Gasteiger partial charge in [-0.1, -0.05) is 0 Å². The van der Waals surface area contributed by atoms with E-state index in [4.69, 9.17) is 9.47 Å². The standard InChI is InChI=1S/C14H26N2O3.ClH/c1-11-12(2)16(7-6-15-11)14(17)5-9-18-10-13-4-3-8-19-13;/h11-13,15H,3-10H2,1-2H3;1H. The van der Waals surface area contributed by atoms with Crippen molar-refractivity contribution in [3.63, 3.8) is 0 Å². The molecule has 20 heavy (non-hydrogen) atoms. The monoisotopic (exact) mass is 306 g/mol. The van der Waals surface area contributed by atoms with E-state index in [2.05, 4.69) is 19.2 Å². The van der Waals surface area contributed by atoms with E-state index in [0.717, 1.165) is 32.5 Å². The number of rotatable bonds is 5. The minimum atomic E-state index is 0. The van der Waals surface area contributed by atoms with Gasteiger partial charge in [0.25, 0.3) is 0 Å². The van der Waals surface area contributed by atoms with Crippen LogP contribution in [-0.2, 0) is 14.3 Å². The van der Waals surface area contributed by atoms with Crippen LogP contribution in [0.5, 0.6) is 0 Å². The second-order valence-corrected chi connectivity index (χ2v) is 5.53. The second kappa shape index (κ2) is 8.82. The number of ether oxygens (including phenoxy) is 2. The van der Waals surface area contributed by atoms with Gasteiger partial charge >= 0.3 is 0 Å². The molecule has 0 bridgehead atoms. The van der Waals surface area contributed by atoms with Crippen LogP contribution in [0.2, 0.25) is 0 Å². The largest absolute Gasteiger partial charge is 0.378 e. The van der Waals surface area contributed by atoms with E-state index in [0.29, 0.717) is 25.7 Å². The summed E-state index contributed by atoms with van der Waals surface area (Å²) in [7, 11) is 0. The molecule has 0 radical (unpaired) electrons. The number of hydrogen-bond donors (Lipinski definition) is 1. The van der Waals surface area contributed by atoms with Gasteiger partial charge in [0.2, 0.25) is 5.91 Å². The molecule has 2 aliphatic heterocycles. The zero-order chi connectivity index (χ0) is 13.7. The topological polar surface area (TPSA) is 50.8 Å². The van der Waals surface area contributed by atoms with E-state index < -0.39 is 0 Å². The molecule has 0 aromatic rings. The fourth-order valence-corrected chi connectivity index (χ4v) is 2.70. The molecule has 0 aromatic carbocycles. The maximum atomic E-state index is 12.1. The lowest BCUT2D eigenvalue weighted by molar-refractivity contribution is -0.136. The summed E-state index contributed by atoms with van der Waals surface area (Å²) in [6, 6.07) is 0.630. The van der Waals surface area contributed by atoms with Crippen molar-refractivity contribution in [1.29, 1.82) is 0 Å². The van der Waals surface area contributed by atoms with E-state index in [1.54, 1.807) is 0 Å². The zero-order valence-corrected chi connectivity index (χ0v) is 13.3. The van der Waals surface area contributed by atoms with Crippen molar-refractivity contribution in [2.75, 3.05) is 32.9 Å². The minimum absolute atomic E-state index is 0. The van der Waals surface area contributed by atoms with Crippen LogP contribution in [-0.4, -0.2) is 61.9 Å². The molecule has 1 amide bonds. The summed E-state index contributed by atoms with van der Waals surface area (Å²) in [6.07, 6.45) is 2.93. The highest BCUT2D eigenvalue weighted by molar-refractivity contribution is 5.85. The molecule has 3 atom stereocenters. The van der Waals surface area contributed by atoms with Gasteiger partial charge in [-0.25, -0.2) is 0 Å². The average Bonchev–Trinajstić information content (AvgIpc) is 2.91. The Bertz CT molecular complexity index is 298. The molecular weight excluding hydrogens is 280 g/mol. The van der Waals surface area contributed by atoms with Gasteiger partial charge < -0.3 is 19.7 Å². The van der Waals surface area contributed by atoms with Gasteiger partial charge in [0.1, 0.15) is 0 Å². The molecule has 0 spiro atoms. The first kappa shape index (κ1) is 17.7. The number of halogens is 1. The van der Waals surface area contributed by atoms with Gasteiger partial charge in [0.15, 0.2) is 0 Å². The Hall–Kier alpha value is -0.360. The summed E-state index contributed by atoms with van der Waals surface area (Å²) >= 11 is 0. The van der Waals surface area contributed by atoms with Crippen molar-refractivity contribution >= 4 is 18.3 Å². The number of nitrogens with one attached hydrogen (secondary N) is 1. The van der Waals surface area contributed by atoms with Crippen LogP contribution in [0.15, 0.2) is 0 Å². The molecule has 6 heteroatoms. The highest BCUT2D eigenvalue weighted by atomic mass is 35.5. The Balaban J connectivity index is 0.00000200. The molecule has 118 valence electrons. The quantitative estimate of drug-likeness (QED) is 0.776. The molecule has 2 fully saturated rings. The molecule has 2 rings (SSSR count). The first-order valence-electron chi connectivity index (χ1n) is 7.40. The van der Waals surface area contributed by atoms with Crippen LogP contribution in [0.3, 0.4) is 0 Å². The predicted molar refractivity (Wildman–Crippen MR) is 80.3 cm³/mol. The van der Waals surface area contributed by atoms with E-state index in [1.165, 1.54) is 0 Å². The van der Waals surface area contributed by atoms with Crippen LogP contribution in [0.1, 0.15) is 33.1 Å². The predicted octanol–water partition coefficient (Wildman–Crippen LogP) is 1.20. The Kier molecular flexibility index (Phi) is 7.80. The molecule has 0 aliphatic carbocycles. The summed E-state index contributed by atoms with van der Waals surface area (Å²) in [5.74, 6) is 0.202. The fraction of sp³-hybridized carbons (Fsp3) is 0.929. The van der Waals surface area contributed by atoms with Crippen LogP contribution < -0.4 is 5.32 Å². The number of hydrogen-bond acceptors (Lipinski definition) is 4. The number of piperazine rings is 1. The van der Waals surface area contributed by atoms with E-state index in [1.807, 2.05) is 4.90 Å². The average molecular weight is 307 g/mol. The molecule has 0 aromatic heterocycles. The smallest absolute Gasteiger partial charge is 0.225 e. The third-order valence-corrected chi connectivity index (χ3v) is 4.14. The summed E-state index contributed by atoms with van der Waals surface area (Å²) in [6.45, 7) is 7.89. The Labute approximate surface area is 127 Å². The Morgan fingerprint density at radius 3 is 2.95 bits per heavy atom. The maximum absolute atomic E-state index is 12.1. The lowest BCUT2D eigenvalue weighted by Crippen LogP contribution is -2.57. The number of carbonyl (C=O) groups is 1. The Morgan fingerprint density at radius 2 is 2.25 bits per heavy atom. The highest BCUT2D eigenvalue weighted by Gasteiger charge is 2.27. The molecule has 2 heterocycles. The van der Waals surface area contributed by atoms with Crippen molar-refractivity contribution in [3.05, 3.63) is 0 Å². The van der Waals surface area contributed by atoms with Gasteiger partial charge in [0.05, 0.1) is 25.7 Å². The molecule has 1 N–H and O–H groups in total. The summed E-state index contributed by atoms with van der Waals surface area (Å²) in [4.78, 5) is 14.1. The van der Waals surface area contributed by atoms with Crippen molar-refractivity contribution in [2.45, 2.75) is 51.3 Å². The maximum Gasteiger partial charge on any atom is 0.225 e. The number of nitrogens with zero attached hydrogens (tertiary/aromatic N) is 1. The third kappa shape index (κ3) is 4.88. The molecule has 0 saturated carbocycles. The fourth-order valence-electron chi connectivity index (χ4n) is 2.70. The van der Waals surface area contributed by atoms with E-state index >= 15 is 0 Å². The van der Waals surface area contributed by atoms with Crippen molar-refractivity contribution < 1.29 is 14.3 Å². The summed E-state index contributed by atoms with van der Waals surface area (Å²) < 4.78 is 11.0. The van der Waals surface area contributed by atoms with Gasteiger partial charge in [0, 0.05) is 31.8 Å². The second-order valence-electron chi connectivity index (χ2n) is 5.53. The highest BCUT2D eigenvalue weighted by Crippen LogP contribution is 2.13. The Morgan fingerprint density at radius 1 is 1.45 bits per heavy atom. The van der Waals surface area contributed by atoms with Crippen molar-refractivity contribution in [2.24, 2.45) is 0 Å². The molecule has 2 saturated heterocycles. The SMILES string of the molecule is CC1NCCN(C(=O)CCOCC2CCCO2)C1C.Cl. The van der Waals surface area contributed by atoms with Crippen LogP contribution in [0.4, 0.5) is 0 Å². The van der Waals surface area contributed by atoms with Gasteiger partial charge in [-0.3, -0.25) is 4.79 Å². The molecule has 2 aliphatic rings. The van der Waals surface area contributed by atoms with Crippen molar-refractivity contribution in [1.82, 2.24) is 10.2 Å². The van der Waals surface area contributed by atoms with Crippen LogP contribution in [0.25, 0.3) is 0 Å². The minimum Gasteiger partial charge on any atom is -0.378 e. The van der Waals surface area contributed by atoms with Crippen LogP contribution in [0, 0.1) is 0 Å². The van der Waals surface area contributed by atoms with E-state index in [9.17, 15) is 4.79 Å².